The highest BCUT2D eigenvalue weighted by molar-refractivity contribution is 6.35. The Morgan fingerprint density at radius 2 is 1.70 bits per heavy atom. The lowest BCUT2D eigenvalue weighted by Gasteiger charge is -2.06. The van der Waals surface area contributed by atoms with E-state index in [9.17, 15) is 4.79 Å². The summed E-state index contributed by atoms with van der Waals surface area (Å²) in [6.45, 7) is -0.376. The van der Waals surface area contributed by atoms with Gasteiger partial charge in [0.2, 0.25) is 0 Å². The zero-order valence-electron chi connectivity index (χ0n) is 11.6. The lowest BCUT2D eigenvalue weighted by molar-refractivity contribution is -0.146. The second-order valence-corrected chi connectivity index (χ2v) is 5.59. The van der Waals surface area contributed by atoms with E-state index in [0.717, 1.165) is 0 Å². The average molecular weight is 374 g/mol. The van der Waals surface area contributed by atoms with E-state index in [1.807, 2.05) is 0 Å². The molecule has 0 fully saturated rings. The summed E-state index contributed by atoms with van der Waals surface area (Å²) in [7, 11) is 0. The van der Waals surface area contributed by atoms with Crippen LogP contribution in [0.25, 0.3) is 0 Å². The average Bonchev–Trinajstić information content (AvgIpc) is 2.52. The number of hydrogen-bond donors (Lipinski definition) is 1. The zero-order valence-corrected chi connectivity index (χ0v) is 13.9. The quantitative estimate of drug-likeness (QED) is 0.373. The van der Waals surface area contributed by atoms with Crippen LogP contribution in [-0.4, -0.2) is 18.4 Å². The third-order valence-electron chi connectivity index (χ3n) is 2.63. The zero-order chi connectivity index (χ0) is 16.8. The minimum absolute atomic E-state index is 0.0412. The van der Waals surface area contributed by atoms with E-state index >= 15 is 0 Å². The van der Waals surface area contributed by atoms with Gasteiger partial charge < -0.3 is 15.3 Å². The van der Waals surface area contributed by atoms with E-state index in [1.54, 1.807) is 36.4 Å². The van der Waals surface area contributed by atoms with Crippen molar-refractivity contribution >= 4 is 46.6 Å². The molecular formula is C15H11Cl3N2O3. The molecule has 2 aromatic rings. The summed E-state index contributed by atoms with van der Waals surface area (Å²) in [4.78, 5) is 16.3. The van der Waals surface area contributed by atoms with Crippen LogP contribution < -0.4 is 10.5 Å². The molecule has 0 aliphatic carbocycles. The van der Waals surface area contributed by atoms with E-state index < -0.39 is 5.97 Å². The first-order valence-corrected chi connectivity index (χ1v) is 7.46. The highest BCUT2D eigenvalue weighted by Crippen LogP contribution is 2.27. The van der Waals surface area contributed by atoms with E-state index in [-0.39, 0.29) is 17.5 Å². The number of hydrogen-bond acceptors (Lipinski definition) is 4. The Bertz CT molecular complexity index is 733. The molecule has 0 heterocycles. The Morgan fingerprint density at radius 1 is 1.04 bits per heavy atom. The van der Waals surface area contributed by atoms with E-state index in [4.69, 9.17) is 45.3 Å². The Morgan fingerprint density at radius 3 is 2.35 bits per heavy atom. The van der Waals surface area contributed by atoms with Gasteiger partial charge in [-0.3, -0.25) is 0 Å². The summed E-state index contributed by atoms with van der Waals surface area (Å²) < 4.78 is 5.21. The maximum Gasteiger partial charge on any atom is 0.372 e. The van der Waals surface area contributed by atoms with Gasteiger partial charge in [-0.25, -0.2) is 4.79 Å². The van der Waals surface area contributed by atoms with Crippen LogP contribution in [0.2, 0.25) is 15.1 Å². The van der Waals surface area contributed by atoms with Crippen LogP contribution in [-0.2, 0) is 9.63 Å². The van der Waals surface area contributed by atoms with Gasteiger partial charge >= 0.3 is 5.97 Å². The lowest BCUT2D eigenvalue weighted by Crippen LogP contribution is -2.18. The van der Waals surface area contributed by atoms with Gasteiger partial charge in [0.15, 0.2) is 12.4 Å². The largest absolute Gasteiger partial charge is 0.480 e. The topological polar surface area (TPSA) is 73.9 Å². The van der Waals surface area contributed by atoms with Gasteiger partial charge in [0.25, 0.3) is 0 Å². The molecule has 2 aromatic carbocycles. The van der Waals surface area contributed by atoms with Crippen LogP contribution in [0, 0.1) is 0 Å². The first-order valence-electron chi connectivity index (χ1n) is 6.33. The molecule has 0 saturated carbocycles. The molecule has 0 amide bonds. The van der Waals surface area contributed by atoms with Gasteiger partial charge in [-0.1, -0.05) is 40.0 Å². The third-order valence-corrected chi connectivity index (χ3v) is 3.41. The normalized spacial score (nSPS) is 11.2. The van der Waals surface area contributed by atoms with E-state index in [2.05, 4.69) is 9.99 Å². The Labute approximate surface area is 147 Å². The maximum atomic E-state index is 11.6. The molecule has 0 radical (unpaired) electrons. The minimum Gasteiger partial charge on any atom is -0.480 e. The fraction of sp³-hybridized carbons (Fsp3) is 0.0667. The lowest BCUT2D eigenvalue weighted by atomic mass is 10.2. The summed E-state index contributed by atoms with van der Waals surface area (Å²) >= 11 is 17.4. The highest BCUT2D eigenvalue weighted by Gasteiger charge is 2.08. The van der Waals surface area contributed by atoms with E-state index in [1.165, 1.54) is 6.07 Å². The number of nitrogens with zero attached hydrogens (tertiary/aromatic N) is 1. The fourth-order valence-corrected chi connectivity index (χ4v) is 2.12. The second kappa shape index (κ2) is 8.06. The monoisotopic (exact) mass is 372 g/mol. The SMILES string of the molecule is N/C(=N/OC(=O)COc1ccc(Cl)cc1Cl)c1ccc(Cl)cc1. The molecule has 0 bridgehead atoms. The number of ether oxygens (including phenoxy) is 1. The molecule has 2 N–H and O–H groups in total. The minimum atomic E-state index is -0.729. The first-order chi connectivity index (χ1) is 11.0. The fourth-order valence-electron chi connectivity index (χ4n) is 1.53. The molecule has 0 spiro atoms. The summed E-state index contributed by atoms with van der Waals surface area (Å²) in [5, 5.41) is 4.85. The molecule has 0 aromatic heterocycles. The molecule has 2 rings (SSSR count). The molecule has 0 aliphatic heterocycles. The van der Waals surface area contributed by atoms with Crippen LogP contribution >= 0.6 is 34.8 Å². The van der Waals surface area contributed by atoms with Crippen molar-refractivity contribution in [2.75, 3.05) is 6.61 Å². The molecule has 8 heteroatoms. The van der Waals surface area contributed by atoms with Crippen molar-refractivity contribution in [3.05, 3.63) is 63.1 Å². The predicted octanol–water partition coefficient (Wildman–Crippen LogP) is 3.89. The van der Waals surface area contributed by atoms with Crippen LogP contribution in [0.1, 0.15) is 5.56 Å². The van der Waals surface area contributed by atoms with Gasteiger partial charge in [0.05, 0.1) is 5.02 Å². The number of oxime groups is 1. The van der Waals surface area contributed by atoms with Gasteiger partial charge in [-0.2, -0.15) is 0 Å². The third kappa shape index (κ3) is 5.32. The van der Waals surface area contributed by atoms with Gasteiger partial charge in [0.1, 0.15) is 5.75 Å². The van der Waals surface area contributed by atoms with Gasteiger partial charge in [-0.05, 0) is 42.5 Å². The molecular weight excluding hydrogens is 363 g/mol. The molecule has 0 unspecified atom stereocenters. The van der Waals surface area contributed by atoms with Crippen molar-refractivity contribution in [3.63, 3.8) is 0 Å². The number of rotatable bonds is 5. The standard InChI is InChI=1S/C15H11Cl3N2O3/c16-10-3-1-9(2-4-10)15(19)20-23-14(21)8-22-13-6-5-11(17)7-12(13)18/h1-7H,8H2,(H2,19,20). The molecule has 0 saturated heterocycles. The smallest absolute Gasteiger partial charge is 0.372 e. The summed E-state index contributed by atoms with van der Waals surface area (Å²) in [6.07, 6.45) is 0. The van der Waals surface area contributed by atoms with Crippen molar-refractivity contribution in [3.8, 4) is 5.75 Å². The maximum absolute atomic E-state index is 11.6. The number of carbonyl (C=O) groups excluding carboxylic acids is 1. The number of nitrogens with two attached hydrogens (primary N) is 1. The molecule has 0 aliphatic rings. The second-order valence-electron chi connectivity index (χ2n) is 4.31. The highest BCUT2D eigenvalue weighted by atomic mass is 35.5. The predicted molar refractivity (Wildman–Crippen MR) is 90.2 cm³/mol. The molecule has 5 nitrogen and oxygen atoms in total. The number of halogens is 3. The van der Waals surface area contributed by atoms with Crippen molar-refractivity contribution in [1.29, 1.82) is 0 Å². The van der Waals surface area contributed by atoms with Gasteiger partial charge in [-0.15, -0.1) is 0 Å². The van der Waals surface area contributed by atoms with Crippen LogP contribution in [0.15, 0.2) is 47.6 Å². The van der Waals surface area contributed by atoms with Crippen molar-refractivity contribution in [1.82, 2.24) is 0 Å². The molecule has 23 heavy (non-hydrogen) atoms. The Balaban J connectivity index is 1.89. The van der Waals surface area contributed by atoms with Crippen molar-refractivity contribution < 1.29 is 14.4 Å². The first kappa shape index (κ1) is 17.4. The summed E-state index contributed by atoms with van der Waals surface area (Å²) in [6, 6.07) is 11.2. The molecule has 120 valence electrons. The number of amidine groups is 1. The van der Waals surface area contributed by atoms with Gasteiger partial charge in [0, 0.05) is 15.6 Å². The van der Waals surface area contributed by atoms with Crippen LogP contribution in [0.3, 0.4) is 0 Å². The Kier molecular flexibility index (Phi) is 6.10. The van der Waals surface area contributed by atoms with Crippen LogP contribution in [0.5, 0.6) is 5.75 Å². The van der Waals surface area contributed by atoms with E-state index in [0.29, 0.717) is 21.4 Å². The number of carbonyl (C=O) groups is 1. The molecule has 0 atom stereocenters. The Hall–Kier alpha value is -1.95. The summed E-state index contributed by atoms with van der Waals surface area (Å²) in [5.74, 6) is -0.379. The number of benzene rings is 2. The van der Waals surface area contributed by atoms with Crippen LogP contribution in [0.4, 0.5) is 0 Å². The van der Waals surface area contributed by atoms with Crippen molar-refractivity contribution in [2.24, 2.45) is 10.9 Å². The summed E-state index contributed by atoms with van der Waals surface area (Å²) in [5.41, 5.74) is 6.27. The van der Waals surface area contributed by atoms with Crippen molar-refractivity contribution in [2.45, 2.75) is 0 Å².